The van der Waals surface area contributed by atoms with Crippen molar-refractivity contribution in [3.63, 3.8) is 0 Å². The van der Waals surface area contributed by atoms with Gasteiger partial charge in [-0.25, -0.2) is 13.2 Å². The van der Waals surface area contributed by atoms with Gasteiger partial charge in [-0.05, 0) is 24.3 Å². The van der Waals surface area contributed by atoms with Gasteiger partial charge in [-0.1, -0.05) is 18.2 Å². The molecule has 0 aliphatic rings. The maximum absolute atomic E-state index is 12.8. The maximum Gasteiger partial charge on any atom is 0.420 e. The molecule has 0 fully saturated rings. The van der Waals surface area contributed by atoms with Gasteiger partial charge in [0, 0.05) is 13.1 Å². The van der Waals surface area contributed by atoms with Crippen LogP contribution in [0.15, 0.2) is 62.6 Å². The largest absolute Gasteiger partial charge is 0.420 e. The highest BCUT2D eigenvalue weighted by atomic mass is 32.2. The molecule has 0 saturated heterocycles. The van der Waals surface area contributed by atoms with E-state index in [1.165, 1.54) is 25.2 Å². The molecule has 9 heteroatoms. The van der Waals surface area contributed by atoms with Gasteiger partial charge in [-0.3, -0.25) is 13.7 Å². The molecule has 0 unspecified atom stereocenters. The van der Waals surface area contributed by atoms with Crippen molar-refractivity contribution in [1.82, 2.24) is 4.57 Å². The van der Waals surface area contributed by atoms with Crippen LogP contribution in [0.2, 0.25) is 0 Å². The zero-order valence-corrected chi connectivity index (χ0v) is 14.1. The standard InChI is InChI=1S/C16H15N3O5S/c1-18(11-5-3-2-4-6-11)25(22,23)12-7-8-13-14(9-12)24-16(21)19(13)10-15(17)20/h2-9H,10H2,1H3,(H2,17,20). The Kier molecular flexibility index (Phi) is 4.09. The summed E-state index contributed by atoms with van der Waals surface area (Å²) in [6.45, 7) is -0.345. The summed E-state index contributed by atoms with van der Waals surface area (Å²) >= 11 is 0. The molecule has 1 amide bonds. The van der Waals surface area contributed by atoms with Crippen molar-refractivity contribution in [2.24, 2.45) is 5.73 Å². The van der Waals surface area contributed by atoms with E-state index in [0.29, 0.717) is 11.2 Å². The van der Waals surface area contributed by atoms with Crippen LogP contribution in [0.4, 0.5) is 5.69 Å². The lowest BCUT2D eigenvalue weighted by Gasteiger charge is -2.19. The summed E-state index contributed by atoms with van der Waals surface area (Å²) in [5, 5.41) is 0. The van der Waals surface area contributed by atoms with Crippen LogP contribution in [-0.2, 0) is 21.4 Å². The summed E-state index contributed by atoms with van der Waals surface area (Å²) in [5.41, 5.74) is 5.96. The molecular weight excluding hydrogens is 346 g/mol. The number of nitrogens with two attached hydrogens (primary N) is 1. The maximum atomic E-state index is 12.8. The molecule has 3 aromatic rings. The number of nitrogens with zero attached hydrogens (tertiary/aromatic N) is 2. The second kappa shape index (κ2) is 6.10. The number of aromatic nitrogens is 1. The Hall–Kier alpha value is -3.07. The SMILES string of the molecule is CN(c1ccccc1)S(=O)(=O)c1ccc2c(c1)oc(=O)n2CC(N)=O. The Labute approximate surface area is 143 Å². The number of primary amides is 1. The van der Waals surface area contributed by atoms with Gasteiger partial charge in [-0.15, -0.1) is 0 Å². The van der Waals surface area contributed by atoms with Crippen LogP contribution in [0.5, 0.6) is 0 Å². The molecule has 8 nitrogen and oxygen atoms in total. The van der Waals surface area contributed by atoms with Crippen molar-refractivity contribution >= 4 is 32.7 Å². The Morgan fingerprint density at radius 3 is 2.52 bits per heavy atom. The van der Waals surface area contributed by atoms with Crippen molar-refractivity contribution in [2.45, 2.75) is 11.4 Å². The van der Waals surface area contributed by atoms with Crippen molar-refractivity contribution in [2.75, 3.05) is 11.4 Å². The first-order valence-corrected chi connectivity index (χ1v) is 8.70. The summed E-state index contributed by atoms with van der Waals surface area (Å²) in [6.07, 6.45) is 0. The fraction of sp³-hybridized carbons (Fsp3) is 0.125. The molecule has 0 aliphatic heterocycles. The molecule has 130 valence electrons. The predicted molar refractivity (Wildman–Crippen MR) is 91.7 cm³/mol. The first kappa shape index (κ1) is 16.8. The molecule has 0 bridgehead atoms. The molecule has 0 spiro atoms. The van der Waals surface area contributed by atoms with Crippen LogP contribution in [-0.4, -0.2) is 25.9 Å². The second-order valence-electron chi connectivity index (χ2n) is 5.36. The highest BCUT2D eigenvalue weighted by molar-refractivity contribution is 7.92. The van der Waals surface area contributed by atoms with E-state index in [1.807, 2.05) is 0 Å². The zero-order chi connectivity index (χ0) is 18.2. The number of benzene rings is 2. The monoisotopic (exact) mass is 361 g/mol. The Morgan fingerprint density at radius 2 is 1.88 bits per heavy atom. The molecule has 0 saturated carbocycles. The number of fused-ring (bicyclic) bond motifs is 1. The number of hydrogen-bond donors (Lipinski definition) is 1. The third-order valence-corrected chi connectivity index (χ3v) is 5.51. The molecule has 0 aliphatic carbocycles. The lowest BCUT2D eigenvalue weighted by atomic mass is 10.3. The van der Waals surface area contributed by atoms with Crippen LogP contribution < -0.4 is 15.8 Å². The normalized spacial score (nSPS) is 11.6. The van der Waals surface area contributed by atoms with Gasteiger partial charge >= 0.3 is 5.76 Å². The minimum atomic E-state index is -3.84. The van der Waals surface area contributed by atoms with Crippen LogP contribution in [0.25, 0.3) is 11.1 Å². The molecule has 25 heavy (non-hydrogen) atoms. The van der Waals surface area contributed by atoms with Gasteiger partial charge in [0.15, 0.2) is 5.58 Å². The highest BCUT2D eigenvalue weighted by Crippen LogP contribution is 2.24. The van der Waals surface area contributed by atoms with Crippen LogP contribution in [0.1, 0.15) is 0 Å². The average molecular weight is 361 g/mol. The smallest absolute Gasteiger partial charge is 0.408 e. The number of carbonyl (C=O) groups is 1. The van der Waals surface area contributed by atoms with Crippen molar-refractivity contribution < 1.29 is 17.6 Å². The fourth-order valence-corrected chi connectivity index (χ4v) is 3.66. The second-order valence-corrected chi connectivity index (χ2v) is 7.33. The van der Waals surface area contributed by atoms with E-state index in [4.69, 9.17) is 10.2 Å². The Bertz CT molecular complexity index is 1100. The van der Waals surface area contributed by atoms with Gasteiger partial charge in [-0.2, -0.15) is 0 Å². The number of carbonyl (C=O) groups excluding carboxylic acids is 1. The van der Waals surface area contributed by atoms with Crippen LogP contribution in [0, 0.1) is 0 Å². The van der Waals surface area contributed by atoms with E-state index in [1.54, 1.807) is 30.3 Å². The first-order valence-electron chi connectivity index (χ1n) is 7.26. The number of amides is 1. The number of anilines is 1. The summed E-state index contributed by atoms with van der Waals surface area (Å²) in [7, 11) is -2.41. The third-order valence-electron chi connectivity index (χ3n) is 3.73. The van der Waals surface area contributed by atoms with Crippen molar-refractivity contribution in [1.29, 1.82) is 0 Å². The molecule has 1 heterocycles. The number of sulfonamides is 1. The number of para-hydroxylation sites is 1. The van der Waals surface area contributed by atoms with E-state index in [-0.39, 0.29) is 17.0 Å². The topological polar surface area (TPSA) is 116 Å². The van der Waals surface area contributed by atoms with Gasteiger partial charge in [0.1, 0.15) is 6.54 Å². The van der Waals surface area contributed by atoms with E-state index in [2.05, 4.69) is 0 Å². The van der Waals surface area contributed by atoms with Gasteiger partial charge in [0.25, 0.3) is 10.0 Å². The highest BCUT2D eigenvalue weighted by Gasteiger charge is 2.23. The third kappa shape index (κ3) is 3.01. The average Bonchev–Trinajstić information content (AvgIpc) is 2.89. The predicted octanol–water partition coefficient (Wildman–Crippen LogP) is 0.905. The molecule has 2 aromatic carbocycles. The number of rotatable bonds is 5. The van der Waals surface area contributed by atoms with Crippen LogP contribution >= 0.6 is 0 Å². The van der Waals surface area contributed by atoms with E-state index in [0.717, 1.165) is 8.87 Å². The molecule has 2 N–H and O–H groups in total. The molecule has 0 radical (unpaired) electrons. The van der Waals surface area contributed by atoms with Gasteiger partial charge in [0.05, 0.1) is 16.1 Å². The minimum absolute atomic E-state index is 0.0358. The molecule has 0 atom stereocenters. The zero-order valence-electron chi connectivity index (χ0n) is 13.2. The quantitative estimate of drug-likeness (QED) is 0.725. The Balaban J connectivity index is 2.07. The minimum Gasteiger partial charge on any atom is -0.408 e. The van der Waals surface area contributed by atoms with E-state index >= 15 is 0 Å². The van der Waals surface area contributed by atoms with E-state index < -0.39 is 21.7 Å². The summed E-state index contributed by atoms with van der Waals surface area (Å²) in [4.78, 5) is 22.8. The first-order chi connectivity index (χ1) is 11.8. The van der Waals surface area contributed by atoms with Crippen LogP contribution in [0.3, 0.4) is 0 Å². The molecular formula is C16H15N3O5S. The fourth-order valence-electron chi connectivity index (χ4n) is 2.45. The number of oxazole rings is 1. The van der Waals surface area contributed by atoms with Crippen molar-refractivity contribution in [3.8, 4) is 0 Å². The lowest BCUT2D eigenvalue weighted by molar-refractivity contribution is -0.118. The summed E-state index contributed by atoms with van der Waals surface area (Å²) in [6, 6.07) is 12.6. The summed E-state index contributed by atoms with van der Waals surface area (Å²) < 4.78 is 32.8. The lowest BCUT2D eigenvalue weighted by Crippen LogP contribution is -2.26. The van der Waals surface area contributed by atoms with E-state index in [9.17, 15) is 18.0 Å². The van der Waals surface area contributed by atoms with Gasteiger partial charge in [0.2, 0.25) is 5.91 Å². The van der Waals surface area contributed by atoms with Crippen molar-refractivity contribution in [3.05, 3.63) is 59.1 Å². The Morgan fingerprint density at radius 1 is 1.20 bits per heavy atom. The van der Waals surface area contributed by atoms with Gasteiger partial charge < -0.3 is 10.2 Å². The number of hydrogen-bond acceptors (Lipinski definition) is 5. The summed E-state index contributed by atoms with van der Waals surface area (Å²) in [5.74, 6) is -1.48. The molecule has 3 rings (SSSR count). The molecule has 1 aromatic heterocycles.